The molecule has 0 spiro atoms. The topological polar surface area (TPSA) is 77.4 Å². The Labute approximate surface area is 153 Å². The molecule has 1 heterocycles. The Bertz CT molecular complexity index is 1150. The highest BCUT2D eigenvalue weighted by molar-refractivity contribution is 5.95. The summed E-state index contributed by atoms with van der Waals surface area (Å²) in [6.07, 6.45) is 3.06. The number of aromatic hydroxyl groups is 2. The van der Waals surface area contributed by atoms with E-state index in [9.17, 15) is 24.3 Å². The van der Waals surface area contributed by atoms with E-state index < -0.39 is 23.3 Å². The number of hydrogen-bond acceptors (Lipinski definition) is 4. The summed E-state index contributed by atoms with van der Waals surface area (Å²) in [4.78, 5) is 0. The molecule has 1 aliphatic carbocycles. The van der Waals surface area contributed by atoms with Crippen molar-refractivity contribution in [2.45, 2.75) is 12.8 Å². The van der Waals surface area contributed by atoms with Crippen molar-refractivity contribution >= 4 is 11.6 Å². The molecule has 0 aliphatic heterocycles. The molecule has 2 aromatic carbocycles. The van der Waals surface area contributed by atoms with Gasteiger partial charge in [-0.1, -0.05) is 0 Å². The molecular formula is C21H13F2NO3. The largest absolute Gasteiger partial charge is 0.508 e. The fourth-order valence-electron chi connectivity index (χ4n) is 3.62. The number of nitriles is 1. The molecule has 27 heavy (non-hydrogen) atoms. The summed E-state index contributed by atoms with van der Waals surface area (Å²) >= 11 is 0. The van der Waals surface area contributed by atoms with Crippen molar-refractivity contribution in [3.8, 4) is 17.6 Å². The highest BCUT2D eigenvalue weighted by atomic mass is 19.2. The van der Waals surface area contributed by atoms with Crippen molar-refractivity contribution in [2.75, 3.05) is 0 Å². The van der Waals surface area contributed by atoms with E-state index in [4.69, 9.17) is 4.42 Å². The van der Waals surface area contributed by atoms with Crippen LogP contribution in [0.15, 0.2) is 41.0 Å². The van der Waals surface area contributed by atoms with Crippen molar-refractivity contribution in [3.05, 3.63) is 81.8 Å². The van der Waals surface area contributed by atoms with E-state index in [2.05, 4.69) is 0 Å². The molecule has 6 heteroatoms. The van der Waals surface area contributed by atoms with Crippen LogP contribution in [-0.4, -0.2) is 10.2 Å². The second-order valence-electron chi connectivity index (χ2n) is 6.38. The van der Waals surface area contributed by atoms with Gasteiger partial charge >= 0.3 is 0 Å². The molecule has 3 aromatic rings. The van der Waals surface area contributed by atoms with Crippen LogP contribution in [0.2, 0.25) is 0 Å². The number of fused-ring (bicyclic) bond motifs is 1. The normalized spacial score (nSPS) is 15.3. The maximum absolute atomic E-state index is 14.6. The second-order valence-corrected chi connectivity index (χ2v) is 6.38. The Hall–Kier alpha value is -3.59. The van der Waals surface area contributed by atoms with E-state index in [0.29, 0.717) is 16.7 Å². The molecule has 1 aromatic heterocycles. The summed E-state index contributed by atoms with van der Waals surface area (Å²) < 4.78 is 33.8. The Morgan fingerprint density at radius 3 is 2.59 bits per heavy atom. The molecule has 2 N–H and O–H groups in total. The van der Waals surface area contributed by atoms with Crippen LogP contribution in [0.4, 0.5) is 8.78 Å². The van der Waals surface area contributed by atoms with Gasteiger partial charge in [0.2, 0.25) is 11.6 Å². The maximum Gasteiger partial charge on any atom is 0.207 e. The first-order valence-electron chi connectivity index (χ1n) is 8.12. The number of hydrogen-bond donors (Lipinski definition) is 2. The molecule has 134 valence electrons. The van der Waals surface area contributed by atoms with Gasteiger partial charge < -0.3 is 14.6 Å². The minimum Gasteiger partial charge on any atom is -0.508 e. The van der Waals surface area contributed by atoms with Gasteiger partial charge in [-0.25, -0.2) is 4.39 Å². The van der Waals surface area contributed by atoms with Gasteiger partial charge in [0.05, 0.1) is 6.26 Å². The Morgan fingerprint density at radius 1 is 1.07 bits per heavy atom. The number of furan rings is 1. The van der Waals surface area contributed by atoms with Crippen molar-refractivity contribution in [2.24, 2.45) is 0 Å². The molecule has 0 saturated heterocycles. The number of nitrogens with zero attached hydrogens (tertiary/aromatic N) is 1. The van der Waals surface area contributed by atoms with Crippen LogP contribution >= 0.6 is 0 Å². The zero-order valence-electron chi connectivity index (χ0n) is 14.1. The molecule has 0 bridgehead atoms. The molecule has 0 radical (unpaired) electrons. The molecule has 4 rings (SSSR count). The number of halogens is 2. The van der Waals surface area contributed by atoms with Crippen molar-refractivity contribution in [1.29, 1.82) is 5.26 Å². The zero-order chi connectivity index (χ0) is 19.3. The van der Waals surface area contributed by atoms with Crippen molar-refractivity contribution in [3.63, 3.8) is 0 Å². The first-order chi connectivity index (χ1) is 12.9. The molecule has 0 amide bonds. The monoisotopic (exact) mass is 365 g/mol. The van der Waals surface area contributed by atoms with Gasteiger partial charge in [0.1, 0.15) is 11.8 Å². The van der Waals surface area contributed by atoms with E-state index in [1.54, 1.807) is 31.2 Å². The molecule has 1 unspecified atom stereocenters. The van der Waals surface area contributed by atoms with Crippen LogP contribution in [0.3, 0.4) is 0 Å². The van der Waals surface area contributed by atoms with Gasteiger partial charge in [0.15, 0.2) is 11.6 Å². The predicted octanol–water partition coefficient (Wildman–Crippen LogP) is 4.84. The second kappa shape index (κ2) is 5.99. The van der Waals surface area contributed by atoms with E-state index in [1.807, 2.05) is 6.07 Å². The van der Waals surface area contributed by atoms with E-state index in [1.165, 1.54) is 12.3 Å². The summed E-state index contributed by atoms with van der Waals surface area (Å²) in [6.45, 7) is 1.80. The molecule has 4 nitrogen and oxygen atoms in total. The first-order valence-corrected chi connectivity index (χ1v) is 8.12. The number of allylic oxidation sites excluding steroid dienone is 1. The summed E-state index contributed by atoms with van der Waals surface area (Å²) in [5.41, 5.74) is 3.04. The minimum absolute atomic E-state index is 0.0320. The lowest BCUT2D eigenvalue weighted by atomic mass is 9.85. The minimum atomic E-state index is -1.34. The average molecular weight is 365 g/mol. The summed E-state index contributed by atoms with van der Waals surface area (Å²) in [5.74, 6) is -3.83. The van der Waals surface area contributed by atoms with Gasteiger partial charge in [-0.3, -0.25) is 0 Å². The maximum atomic E-state index is 14.6. The summed E-state index contributed by atoms with van der Waals surface area (Å²) in [7, 11) is 0. The van der Waals surface area contributed by atoms with E-state index >= 15 is 0 Å². The highest BCUT2D eigenvalue weighted by Gasteiger charge is 2.34. The lowest BCUT2D eigenvalue weighted by Gasteiger charge is -2.18. The Morgan fingerprint density at radius 2 is 1.85 bits per heavy atom. The first kappa shape index (κ1) is 16.9. The average Bonchev–Trinajstić information content (AvgIpc) is 3.23. The molecular weight excluding hydrogens is 352 g/mol. The van der Waals surface area contributed by atoms with Gasteiger partial charge in [-0.05, 0) is 65.6 Å². The standard InChI is InChI=1S/C21H13F2NO3/c1-10-6-11(25)7-15-14(10)8-16(12-2-3-17(26)21(23)20(12)22)19(15)13-4-5-27-18(13)9-24/h2-8,19,25-26H,1H3. The van der Waals surface area contributed by atoms with Crippen molar-refractivity contribution < 1.29 is 23.4 Å². The van der Waals surface area contributed by atoms with Gasteiger partial charge in [0, 0.05) is 17.0 Å². The van der Waals surface area contributed by atoms with Gasteiger partial charge in [0.25, 0.3) is 0 Å². The van der Waals surface area contributed by atoms with Crippen molar-refractivity contribution in [1.82, 2.24) is 0 Å². The van der Waals surface area contributed by atoms with Crippen LogP contribution in [0.5, 0.6) is 11.5 Å². The van der Waals surface area contributed by atoms with Gasteiger partial charge in [-0.2, -0.15) is 9.65 Å². The Kier molecular flexibility index (Phi) is 3.74. The summed E-state index contributed by atoms with van der Waals surface area (Å²) in [5, 5.41) is 28.8. The van der Waals surface area contributed by atoms with Crippen LogP contribution in [0.25, 0.3) is 11.6 Å². The van der Waals surface area contributed by atoms with Crippen LogP contribution in [-0.2, 0) is 0 Å². The van der Waals surface area contributed by atoms with Gasteiger partial charge in [-0.15, -0.1) is 0 Å². The number of aryl methyl sites for hydroxylation is 1. The molecule has 1 atom stereocenters. The quantitative estimate of drug-likeness (QED) is 0.682. The smallest absolute Gasteiger partial charge is 0.207 e. The third kappa shape index (κ3) is 2.48. The lowest BCUT2D eigenvalue weighted by Crippen LogP contribution is -2.04. The van der Waals surface area contributed by atoms with E-state index in [0.717, 1.165) is 17.2 Å². The fraction of sp³-hybridized carbons (Fsp3) is 0.0952. The lowest BCUT2D eigenvalue weighted by molar-refractivity contribution is 0.406. The van der Waals surface area contributed by atoms with Crippen LogP contribution in [0, 0.1) is 29.9 Å². The van der Waals surface area contributed by atoms with Crippen LogP contribution < -0.4 is 0 Å². The number of benzene rings is 2. The molecule has 0 saturated carbocycles. The predicted molar refractivity (Wildman–Crippen MR) is 94.0 cm³/mol. The van der Waals surface area contributed by atoms with Crippen LogP contribution in [0.1, 0.15) is 39.5 Å². The number of phenolic OH excluding ortho intramolecular Hbond substituents is 2. The third-order valence-electron chi connectivity index (χ3n) is 4.81. The third-order valence-corrected chi connectivity index (χ3v) is 4.81. The zero-order valence-corrected chi connectivity index (χ0v) is 14.1. The highest BCUT2D eigenvalue weighted by Crippen LogP contribution is 2.49. The SMILES string of the molecule is Cc1cc(O)cc2c1C=C(c1ccc(O)c(F)c1F)C2c1ccoc1C#N. The summed E-state index contributed by atoms with van der Waals surface area (Å²) in [6, 6.07) is 9.04. The molecule has 0 fully saturated rings. The number of phenols is 2. The fourth-order valence-corrected chi connectivity index (χ4v) is 3.62. The Balaban J connectivity index is 2.01. The number of rotatable bonds is 2. The van der Waals surface area contributed by atoms with E-state index in [-0.39, 0.29) is 17.1 Å². The molecule has 1 aliphatic rings.